The van der Waals surface area contributed by atoms with Crippen LogP contribution >= 0.6 is 0 Å². The zero-order valence-corrected chi connectivity index (χ0v) is 16.8. The summed E-state index contributed by atoms with van der Waals surface area (Å²) in [6, 6.07) is 29.2. The van der Waals surface area contributed by atoms with Gasteiger partial charge in [0, 0.05) is 11.1 Å². The largest absolute Gasteiger partial charge is 0.110 e. The van der Waals surface area contributed by atoms with Gasteiger partial charge in [0.2, 0.25) is 0 Å². The Kier molecular flexibility index (Phi) is 3.98. The molecule has 0 N–H and O–H groups in total. The topological polar surface area (TPSA) is 0 Å². The predicted octanol–water partition coefficient (Wildman–Crippen LogP) is 5.87. The Morgan fingerprint density at radius 2 is 1.00 bits per heavy atom. The maximum absolute atomic E-state index is 2.41. The molecular weight excluding hydrogens is 340 g/mol. The number of allylic oxidation sites excluding steroid dienone is 2. The van der Waals surface area contributed by atoms with Gasteiger partial charge in [-0.1, -0.05) is 107 Å². The summed E-state index contributed by atoms with van der Waals surface area (Å²) in [5.41, 5.74) is 9.94. The minimum atomic E-state index is -0.935. The van der Waals surface area contributed by atoms with E-state index in [1.165, 1.54) is 38.6 Å². The number of benzene rings is 3. The summed E-state index contributed by atoms with van der Waals surface area (Å²) < 4.78 is 0. The second-order valence-electron chi connectivity index (χ2n) is 7.72. The molecule has 3 aromatic rings. The zero-order valence-electron chi connectivity index (χ0n) is 15.8. The van der Waals surface area contributed by atoms with Crippen LogP contribution in [0.25, 0.3) is 12.2 Å². The molecule has 0 fully saturated rings. The highest BCUT2D eigenvalue weighted by molar-refractivity contribution is 6.77. The molecule has 2 aliphatic rings. The minimum Gasteiger partial charge on any atom is -0.0677 e. The predicted molar refractivity (Wildman–Crippen MR) is 117 cm³/mol. The second-order valence-corrected chi connectivity index (χ2v) is 10.4. The van der Waals surface area contributed by atoms with Crippen molar-refractivity contribution >= 4 is 26.1 Å². The summed E-state index contributed by atoms with van der Waals surface area (Å²) in [7, 11) is -0.935. The first-order chi connectivity index (χ1) is 13.2. The molecule has 0 spiro atoms. The molecule has 0 nitrogen and oxygen atoms in total. The Bertz CT molecular complexity index is 991. The fraction of sp³-hybridized carbons (Fsp3) is 0.154. The SMILES string of the molecule is CC1=Cc2ccccc2C1[Si](c1ccccc1)C1C(C)=Cc2ccccc21. The lowest BCUT2D eigenvalue weighted by Crippen LogP contribution is -2.43. The van der Waals surface area contributed by atoms with Gasteiger partial charge in [0.05, 0.1) is 0 Å². The van der Waals surface area contributed by atoms with Crippen LogP contribution in [0.1, 0.15) is 47.2 Å². The van der Waals surface area contributed by atoms with E-state index in [2.05, 4.69) is 105 Å². The van der Waals surface area contributed by atoms with Crippen LogP contribution < -0.4 is 5.19 Å². The minimum absolute atomic E-state index is 0.521. The fourth-order valence-corrected chi connectivity index (χ4v) is 8.84. The molecule has 2 unspecified atom stereocenters. The molecule has 1 radical (unpaired) electrons. The van der Waals surface area contributed by atoms with Gasteiger partial charge in [0.15, 0.2) is 0 Å². The number of hydrogen-bond donors (Lipinski definition) is 0. The van der Waals surface area contributed by atoms with E-state index >= 15 is 0 Å². The van der Waals surface area contributed by atoms with Crippen molar-refractivity contribution in [1.82, 2.24) is 0 Å². The maximum atomic E-state index is 2.41. The molecule has 0 aromatic heterocycles. The van der Waals surface area contributed by atoms with Gasteiger partial charge in [-0.25, -0.2) is 0 Å². The van der Waals surface area contributed by atoms with E-state index in [-0.39, 0.29) is 0 Å². The second kappa shape index (κ2) is 6.51. The van der Waals surface area contributed by atoms with E-state index in [1.54, 1.807) is 0 Å². The van der Waals surface area contributed by atoms with Crippen molar-refractivity contribution in [3.05, 3.63) is 112 Å². The highest BCUT2D eigenvalue weighted by atomic mass is 28.3. The zero-order chi connectivity index (χ0) is 18.4. The quantitative estimate of drug-likeness (QED) is 0.511. The van der Waals surface area contributed by atoms with Gasteiger partial charge in [-0.2, -0.15) is 0 Å². The molecule has 0 heterocycles. The Balaban J connectivity index is 1.71. The summed E-state index contributed by atoms with van der Waals surface area (Å²) in [6.07, 6.45) is 4.82. The lowest BCUT2D eigenvalue weighted by atomic mass is 10.1. The molecule has 5 rings (SSSR count). The third kappa shape index (κ3) is 2.65. The van der Waals surface area contributed by atoms with Crippen molar-refractivity contribution in [2.24, 2.45) is 0 Å². The normalized spacial score (nSPS) is 20.3. The summed E-state index contributed by atoms with van der Waals surface area (Å²) in [6.45, 7) is 4.66. The van der Waals surface area contributed by atoms with Crippen LogP contribution in [0.3, 0.4) is 0 Å². The average Bonchev–Trinajstić information content (AvgIpc) is 3.20. The first kappa shape index (κ1) is 16.5. The maximum Gasteiger partial charge on any atom is 0.110 e. The molecule has 131 valence electrons. The van der Waals surface area contributed by atoms with Crippen molar-refractivity contribution in [1.29, 1.82) is 0 Å². The summed E-state index contributed by atoms with van der Waals surface area (Å²) >= 11 is 0. The lowest BCUT2D eigenvalue weighted by molar-refractivity contribution is 1.02. The van der Waals surface area contributed by atoms with Crippen molar-refractivity contribution < 1.29 is 0 Å². The summed E-state index contributed by atoms with van der Waals surface area (Å²) in [5, 5.41) is 1.53. The summed E-state index contributed by atoms with van der Waals surface area (Å²) in [4.78, 5) is 0. The van der Waals surface area contributed by atoms with E-state index < -0.39 is 8.80 Å². The molecule has 0 bridgehead atoms. The smallest absolute Gasteiger partial charge is 0.0677 e. The Morgan fingerprint density at radius 1 is 0.556 bits per heavy atom. The van der Waals surface area contributed by atoms with Crippen LogP contribution in [0, 0.1) is 0 Å². The Hall–Kier alpha value is -2.64. The van der Waals surface area contributed by atoms with Crippen molar-refractivity contribution in [2.75, 3.05) is 0 Å². The molecule has 1 heteroatoms. The van der Waals surface area contributed by atoms with E-state index in [9.17, 15) is 0 Å². The first-order valence-electron chi connectivity index (χ1n) is 9.70. The van der Waals surface area contributed by atoms with Crippen LogP contribution in [-0.2, 0) is 0 Å². The standard InChI is InChI=1S/C26H23Si/c1-18-16-20-10-6-8-14-23(20)25(18)27(22-12-4-3-5-13-22)26-19(2)17-21-11-7-9-15-24(21)26/h3-17,25-26H,1-2H3. The van der Waals surface area contributed by atoms with Gasteiger partial charge >= 0.3 is 0 Å². The number of hydrogen-bond acceptors (Lipinski definition) is 0. The molecule has 2 aliphatic carbocycles. The monoisotopic (exact) mass is 363 g/mol. The fourth-order valence-electron chi connectivity index (χ4n) is 4.91. The molecule has 27 heavy (non-hydrogen) atoms. The van der Waals surface area contributed by atoms with Gasteiger partial charge < -0.3 is 0 Å². The molecule has 0 amide bonds. The van der Waals surface area contributed by atoms with Crippen LogP contribution in [0.2, 0.25) is 0 Å². The highest BCUT2D eigenvalue weighted by Crippen LogP contribution is 2.46. The third-order valence-corrected chi connectivity index (χ3v) is 9.80. The number of fused-ring (bicyclic) bond motifs is 2. The van der Waals surface area contributed by atoms with E-state index in [0.29, 0.717) is 11.1 Å². The van der Waals surface area contributed by atoms with Gasteiger partial charge in [0.1, 0.15) is 8.80 Å². The Morgan fingerprint density at radius 3 is 1.52 bits per heavy atom. The molecule has 0 aliphatic heterocycles. The van der Waals surface area contributed by atoms with E-state index in [1.807, 2.05) is 0 Å². The average molecular weight is 364 g/mol. The van der Waals surface area contributed by atoms with Crippen molar-refractivity contribution in [3.8, 4) is 0 Å². The molecule has 0 saturated heterocycles. The molecular formula is C26H23Si. The molecule has 2 atom stereocenters. The first-order valence-corrected chi connectivity index (χ1v) is 11.4. The third-order valence-electron chi connectivity index (χ3n) is 6.02. The van der Waals surface area contributed by atoms with Gasteiger partial charge in [-0.3, -0.25) is 0 Å². The van der Waals surface area contributed by atoms with Crippen LogP contribution in [0.15, 0.2) is 90.0 Å². The molecule has 0 saturated carbocycles. The van der Waals surface area contributed by atoms with Gasteiger partial charge in [-0.05, 0) is 36.1 Å². The van der Waals surface area contributed by atoms with E-state index in [4.69, 9.17) is 0 Å². The lowest BCUT2D eigenvalue weighted by Gasteiger charge is -2.32. The highest BCUT2D eigenvalue weighted by Gasteiger charge is 2.41. The van der Waals surface area contributed by atoms with Crippen LogP contribution in [-0.4, -0.2) is 8.80 Å². The van der Waals surface area contributed by atoms with Crippen LogP contribution in [0.5, 0.6) is 0 Å². The van der Waals surface area contributed by atoms with E-state index in [0.717, 1.165) is 0 Å². The van der Waals surface area contributed by atoms with Gasteiger partial charge in [0.25, 0.3) is 0 Å². The van der Waals surface area contributed by atoms with Crippen molar-refractivity contribution in [3.63, 3.8) is 0 Å². The molecule has 3 aromatic carbocycles. The Labute approximate surface area is 163 Å². The van der Waals surface area contributed by atoms with Crippen LogP contribution in [0.4, 0.5) is 0 Å². The number of rotatable bonds is 3. The summed E-state index contributed by atoms with van der Waals surface area (Å²) in [5.74, 6) is 0. The van der Waals surface area contributed by atoms with Crippen molar-refractivity contribution in [2.45, 2.75) is 24.9 Å². The van der Waals surface area contributed by atoms with Gasteiger partial charge in [-0.15, -0.1) is 0 Å².